The number of nitrogens with one attached hydrogen (secondary N) is 1. The summed E-state index contributed by atoms with van der Waals surface area (Å²) in [6, 6.07) is 8.69. The van der Waals surface area contributed by atoms with Crippen molar-refractivity contribution in [2.24, 2.45) is 5.92 Å². The maximum atomic E-state index is 5.87. The number of ether oxygens (including phenoxy) is 1. The molecule has 1 aromatic carbocycles. The van der Waals surface area contributed by atoms with Crippen LogP contribution in [0.5, 0.6) is 0 Å². The van der Waals surface area contributed by atoms with Crippen molar-refractivity contribution in [3.8, 4) is 0 Å². The van der Waals surface area contributed by atoms with Crippen LogP contribution in [0.4, 0.5) is 5.69 Å². The molecular formula is C18H30N2O. The third-order valence-electron chi connectivity index (χ3n) is 4.02. The standard InChI is InChI=1S/C18H30N2O/c1-15(2)12-19-13-16-8-4-5-10-18(16)20(3)14-17-9-6-7-11-21-17/h4-5,8,10,15,17,19H,6-7,9,11-14H2,1-3H3. The van der Waals surface area contributed by atoms with Crippen molar-refractivity contribution in [2.75, 3.05) is 31.6 Å². The Bertz CT molecular complexity index is 413. The summed E-state index contributed by atoms with van der Waals surface area (Å²) in [7, 11) is 2.18. The summed E-state index contributed by atoms with van der Waals surface area (Å²) in [6.07, 6.45) is 4.10. The van der Waals surface area contributed by atoms with Crippen molar-refractivity contribution in [1.29, 1.82) is 0 Å². The first-order chi connectivity index (χ1) is 10.2. The molecule has 1 aliphatic rings. The molecule has 3 heteroatoms. The minimum Gasteiger partial charge on any atom is -0.376 e. The molecule has 0 amide bonds. The summed E-state index contributed by atoms with van der Waals surface area (Å²) in [5.41, 5.74) is 2.69. The summed E-state index contributed by atoms with van der Waals surface area (Å²) < 4.78 is 5.87. The summed E-state index contributed by atoms with van der Waals surface area (Å²) in [5.74, 6) is 0.686. The molecule has 0 saturated carbocycles. The van der Waals surface area contributed by atoms with Gasteiger partial charge in [0.25, 0.3) is 0 Å². The third-order valence-corrected chi connectivity index (χ3v) is 4.02. The molecular weight excluding hydrogens is 260 g/mol. The number of nitrogens with zero attached hydrogens (tertiary/aromatic N) is 1. The Balaban J connectivity index is 1.93. The van der Waals surface area contributed by atoms with Gasteiger partial charge in [0.2, 0.25) is 0 Å². The molecule has 0 spiro atoms. The molecule has 1 unspecified atom stereocenters. The summed E-state index contributed by atoms with van der Waals surface area (Å²) >= 11 is 0. The average molecular weight is 290 g/mol. The molecule has 1 saturated heterocycles. The van der Waals surface area contributed by atoms with E-state index in [1.165, 1.54) is 30.5 Å². The van der Waals surface area contributed by atoms with Gasteiger partial charge in [-0.1, -0.05) is 32.0 Å². The number of rotatable bonds is 7. The van der Waals surface area contributed by atoms with Crippen LogP contribution in [0.1, 0.15) is 38.7 Å². The van der Waals surface area contributed by atoms with E-state index in [0.29, 0.717) is 12.0 Å². The fraction of sp³-hybridized carbons (Fsp3) is 0.667. The first kappa shape index (κ1) is 16.3. The van der Waals surface area contributed by atoms with Gasteiger partial charge < -0.3 is 15.0 Å². The van der Waals surface area contributed by atoms with E-state index in [9.17, 15) is 0 Å². The van der Waals surface area contributed by atoms with Crippen molar-refractivity contribution in [3.05, 3.63) is 29.8 Å². The van der Waals surface area contributed by atoms with Gasteiger partial charge in [-0.3, -0.25) is 0 Å². The van der Waals surface area contributed by atoms with Gasteiger partial charge in [0.05, 0.1) is 6.10 Å². The lowest BCUT2D eigenvalue weighted by Crippen LogP contribution is -2.34. The molecule has 1 atom stereocenters. The zero-order chi connectivity index (χ0) is 15.1. The number of benzene rings is 1. The Morgan fingerprint density at radius 3 is 2.81 bits per heavy atom. The lowest BCUT2D eigenvalue weighted by atomic mass is 10.1. The largest absolute Gasteiger partial charge is 0.376 e. The van der Waals surface area contributed by atoms with Crippen molar-refractivity contribution >= 4 is 5.69 Å². The number of anilines is 1. The normalized spacial score (nSPS) is 19.0. The number of hydrogen-bond donors (Lipinski definition) is 1. The number of hydrogen-bond acceptors (Lipinski definition) is 3. The van der Waals surface area contributed by atoms with Crippen LogP contribution < -0.4 is 10.2 Å². The highest BCUT2D eigenvalue weighted by Gasteiger charge is 2.17. The van der Waals surface area contributed by atoms with E-state index < -0.39 is 0 Å². The average Bonchev–Trinajstić information content (AvgIpc) is 2.48. The van der Waals surface area contributed by atoms with Crippen LogP contribution in [0.25, 0.3) is 0 Å². The van der Waals surface area contributed by atoms with Crippen molar-refractivity contribution < 1.29 is 4.74 Å². The molecule has 1 aliphatic heterocycles. The van der Waals surface area contributed by atoms with E-state index in [0.717, 1.165) is 26.2 Å². The van der Waals surface area contributed by atoms with E-state index in [4.69, 9.17) is 4.74 Å². The number of likely N-dealkylation sites (N-methyl/N-ethyl adjacent to an activating group) is 1. The maximum Gasteiger partial charge on any atom is 0.0749 e. The van der Waals surface area contributed by atoms with E-state index in [-0.39, 0.29) is 0 Å². The lowest BCUT2D eigenvalue weighted by molar-refractivity contribution is 0.0216. The van der Waals surface area contributed by atoms with E-state index in [2.05, 4.69) is 55.4 Å². The molecule has 0 radical (unpaired) electrons. The zero-order valence-electron chi connectivity index (χ0n) is 13.8. The molecule has 1 heterocycles. The molecule has 21 heavy (non-hydrogen) atoms. The second kappa shape index (κ2) is 8.40. The predicted molar refractivity (Wildman–Crippen MR) is 89.8 cm³/mol. The van der Waals surface area contributed by atoms with Crippen LogP contribution in [-0.2, 0) is 11.3 Å². The molecule has 2 rings (SSSR count). The van der Waals surface area contributed by atoms with Crippen LogP contribution in [0, 0.1) is 5.92 Å². The fourth-order valence-electron chi connectivity index (χ4n) is 2.88. The minimum atomic E-state index is 0.389. The van der Waals surface area contributed by atoms with Gasteiger partial charge in [0.1, 0.15) is 0 Å². The van der Waals surface area contributed by atoms with Crippen LogP contribution >= 0.6 is 0 Å². The van der Waals surface area contributed by atoms with Gasteiger partial charge in [-0.25, -0.2) is 0 Å². The van der Waals surface area contributed by atoms with Gasteiger partial charge >= 0.3 is 0 Å². The monoisotopic (exact) mass is 290 g/mol. The SMILES string of the molecule is CC(C)CNCc1ccccc1N(C)CC1CCCCO1. The second-order valence-corrected chi connectivity index (χ2v) is 6.52. The topological polar surface area (TPSA) is 24.5 Å². The summed E-state index contributed by atoms with van der Waals surface area (Å²) in [5, 5.41) is 3.54. The first-order valence-corrected chi connectivity index (χ1v) is 8.28. The molecule has 1 fully saturated rings. The van der Waals surface area contributed by atoms with Gasteiger partial charge in [0.15, 0.2) is 0 Å². The highest BCUT2D eigenvalue weighted by Crippen LogP contribution is 2.21. The maximum absolute atomic E-state index is 5.87. The molecule has 3 nitrogen and oxygen atoms in total. The van der Waals surface area contributed by atoms with Crippen molar-refractivity contribution in [1.82, 2.24) is 5.32 Å². The van der Waals surface area contributed by atoms with Crippen LogP contribution in [0.3, 0.4) is 0 Å². The van der Waals surface area contributed by atoms with Gasteiger partial charge in [-0.05, 0) is 43.4 Å². The summed E-state index contributed by atoms with van der Waals surface area (Å²) in [6.45, 7) is 8.39. The van der Waals surface area contributed by atoms with E-state index in [1.54, 1.807) is 0 Å². The van der Waals surface area contributed by atoms with Gasteiger partial charge in [-0.2, -0.15) is 0 Å². The highest BCUT2D eigenvalue weighted by atomic mass is 16.5. The first-order valence-electron chi connectivity index (χ1n) is 8.28. The molecule has 118 valence electrons. The predicted octanol–water partition coefficient (Wildman–Crippen LogP) is 3.44. The van der Waals surface area contributed by atoms with Crippen LogP contribution in [-0.4, -0.2) is 32.8 Å². The summed E-state index contributed by atoms with van der Waals surface area (Å²) in [4.78, 5) is 2.35. The Morgan fingerprint density at radius 1 is 1.29 bits per heavy atom. The quantitative estimate of drug-likeness (QED) is 0.832. The van der Waals surface area contributed by atoms with Crippen LogP contribution in [0.15, 0.2) is 24.3 Å². The van der Waals surface area contributed by atoms with E-state index >= 15 is 0 Å². The lowest BCUT2D eigenvalue weighted by Gasteiger charge is -2.30. The number of para-hydroxylation sites is 1. The van der Waals surface area contributed by atoms with Crippen LogP contribution in [0.2, 0.25) is 0 Å². The third kappa shape index (κ3) is 5.33. The Kier molecular flexibility index (Phi) is 6.52. The fourth-order valence-corrected chi connectivity index (χ4v) is 2.88. The minimum absolute atomic E-state index is 0.389. The van der Waals surface area contributed by atoms with Gasteiger partial charge in [-0.15, -0.1) is 0 Å². The molecule has 0 aliphatic carbocycles. The van der Waals surface area contributed by atoms with Crippen molar-refractivity contribution in [3.63, 3.8) is 0 Å². The van der Waals surface area contributed by atoms with E-state index in [1.807, 2.05) is 0 Å². The zero-order valence-corrected chi connectivity index (χ0v) is 13.8. The Hall–Kier alpha value is -1.06. The van der Waals surface area contributed by atoms with Crippen molar-refractivity contribution in [2.45, 2.75) is 45.8 Å². The molecule has 0 bridgehead atoms. The molecule has 1 aromatic rings. The second-order valence-electron chi connectivity index (χ2n) is 6.52. The Labute approximate surface area is 129 Å². The highest BCUT2D eigenvalue weighted by molar-refractivity contribution is 5.53. The molecule has 0 aromatic heterocycles. The molecule has 1 N–H and O–H groups in total. The smallest absolute Gasteiger partial charge is 0.0749 e. The Morgan fingerprint density at radius 2 is 2.10 bits per heavy atom. The van der Waals surface area contributed by atoms with Gasteiger partial charge in [0, 0.05) is 32.4 Å².